The summed E-state index contributed by atoms with van der Waals surface area (Å²) in [4.78, 5) is 0. The summed E-state index contributed by atoms with van der Waals surface area (Å²) < 4.78 is 14.4. The number of ether oxygens (including phenoxy) is 2. The first-order valence-corrected chi connectivity index (χ1v) is 9.80. The number of rotatable bonds is 5. The van der Waals surface area contributed by atoms with Crippen LogP contribution in [0.25, 0.3) is 16.9 Å². The Kier molecular flexibility index (Phi) is 5.22. The monoisotopic (exact) mass is 433 g/mol. The largest absolute Gasteiger partial charge is 0.497 e. The van der Waals surface area contributed by atoms with Crippen LogP contribution in [0.2, 0.25) is 0 Å². The van der Waals surface area contributed by atoms with Crippen LogP contribution in [0.1, 0.15) is 5.69 Å². The van der Waals surface area contributed by atoms with Crippen LogP contribution >= 0.6 is 15.9 Å². The van der Waals surface area contributed by atoms with Gasteiger partial charge in [-0.05, 0) is 85.3 Å². The molecule has 4 aromatic rings. The lowest BCUT2D eigenvalue weighted by Crippen LogP contribution is -1.99. The zero-order chi connectivity index (χ0) is 19.5. The maximum Gasteiger partial charge on any atom is 0.127 e. The van der Waals surface area contributed by atoms with Crippen molar-refractivity contribution in [2.24, 2.45) is 0 Å². The van der Waals surface area contributed by atoms with Gasteiger partial charge in [0.25, 0.3) is 0 Å². The maximum atomic E-state index is 5.94. The zero-order valence-electron chi connectivity index (χ0n) is 15.7. The SMILES string of the molecule is COc1ccc(Oc2ccc(-n3c(C)ccc3-c3ccc(Br)cc3)cc2)cc1. The van der Waals surface area contributed by atoms with Gasteiger partial charge in [-0.3, -0.25) is 0 Å². The molecule has 0 radical (unpaired) electrons. The first-order valence-electron chi connectivity index (χ1n) is 9.01. The Bertz CT molecular complexity index is 1070. The zero-order valence-corrected chi connectivity index (χ0v) is 17.3. The van der Waals surface area contributed by atoms with E-state index < -0.39 is 0 Å². The van der Waals surface area contributed by atoms with Gasteiger partial charge in [-0.1, -0.05) is 28.1 Å². The van der Waals surface area contributed by atoms with Gasteiger partial charge in [0.15, 0.2) is 0 Å². The Balaban J connectivity index is 1.60. The van der Waals surface area contributed by atoms with Gasteiger partial charge in [-0.25, -0.2) is 0 Å². The van der Waals surface area contributed by atoms with E-state index >= 15 is 0 Å². The van der Waals surface area contributed by atoms with Gasteiger partial charge in [0.05, 0.1) is 12.8 Å². The second kappa shape index (κ2) is 7.95. The van der Waals surface area contributed by atoms with Crippen LogP contribution in [0, 0.1) is 6.92 Å². The molecule has 0 aliphatic rings. The lowest BCUT2D eigenvalue weighted by Gasteiger charge is -2.13. The van der Waals surface area contributed by atoms with Gasteiger partial charge >= 0.3 is 0 Å². The minimum atomic E-state index is 0.779. The van der Waals surface area contributed by atoms with Gasteiger partial charge in [0.2, 0.25) is 0 Å². The highest BCUT2D eigenvalue weighted by atomic mass is 79.9. The van der Waals surface area contributed by atoms with Crippen LogP contribution in [0.15, 0.2) is 89.4 Å². The van der Waals surface area contributed by atoms with Crippen LogP contribution in [0.5, 0.6) is 17.2 Å². The number of benzene rings is 3. The molecule has 0 aliphatic heterocycles. The molecule has 0 bridgehead atoms. The first kappa shape index (κ1) is 18.4. The third-order valence-corrected chi connectivity index (χ3v) is 5.13. The summed E-state index contributed by atoms with van der Waals surface area (Å²) in [5, 5.41) is 0. The molecule has 3 nitrogen and oxygen atoms in total. The molecule has 0 saturated heterocycles. The lowest BCUT2D eigenvalue weighted by molar-refractivity contribution is 0.413. The molecule has 0 unspecified atom stereocenters. The van der Waals surface area contributed by atoms with Gasteiger partial charge in [0.1, 0.15) is 17.2 Å². The second-order valence-corrected chi connectivity index (χ2v) is 7.39. The molecule has 4 rings (SSSR count). The second-order valence-electron chi connectivity index (χ2n) is 6.47. The summed E-state index contributed by atoms with van der Waals surface area (Å²) >= 11 is 3.50. The molecule has 0 N–H and O–H groups in total. The van der Waals surface area contributed by atoms with Crippen molar-refractivity contribution in [1.82, 2.24) is 4.57 Å². The Hall–Kier alpha value is -2.98. The summed E-state index contributed by atoms with van der Waals surface area (Å²) in [6, 6.07) is 28.4. The van der Waals surface area contributed by atoms with Crippen LogP contribution in [0.4, 0.5) is 0 Å². The van der Waals surface area contributed by atoms with Crippen molar-refractivity contribution in [3.8, 4) is 34.2 Å². The van der Waals surface area contributed by atoms with Crippen molar-refractivity contribution in [1.29, 1.82) is 0 Å². The molecule has 0 fully saturated rings. The maximum absolute atomic E-state index is 5.94. The van der Waals surface area contributed by atoms with E-state index in [1.807, 2.05) is 36.4 Å². The smallest absolute Gasteiger partial charge is 0.127 e. The van der Waals surface area contributed by atoms with Crippen LogP contribution in [-0.2, 0) is 0 Å². The quantitative estimate of drug-likeness (QED) is 0.337. The molecule has 0 atom stereocenters. The van der Waals surface area contributed by atoms with Crippen molar-refractivity contribution in [2.75, 3.05) is 7.11 Å². The minimum absolute atomic E-state index is 0.779. The van der Waals surface area contributed by atoms with Gasteiger partial charge < -0.3 is 14.0 Å². The van der Waals surface area contributed by atoms with Crippen molar-refractivity contribution >= 4 is 15.9 Å². The van der Waals surface area contributed by atoms with Crippen molar-refractivity contribution in [3.05, 3.63) is 95.1 Å². The van der Waals surface area contributed by atoms with Crippen molar-refractivity contribution in [2.45, 2.75) is 6.92 Å². The summed E-state index contributed by atoms with van der Waals surface area (Å²) in [6.45, 7) is 2.12. The molecule has 28 heavy (non-hydrogen) atoms. The van der Waals surface area contributed by atoms with E-state index in [4.69, 9.17) is 9.47 Å². The summed E-state index contributed by atoms with van der Waals surface area (Å²) in [5.41, 5.74) is 4.62. The Labute approximate surface area is 173 Å². The molecule has 1 aromatic heterocycles. The number of hydrogen-bond acceptors (Lipinski definition) is 2. The van der Waals surface area contributed by atoms with Crippen molar-refractivity contribution < 1.29 is 9.47 Å². The van der Waals surface area contributed by atoms with Crippen molar-refractivity contribution in [3.63, 3.8) is 0 Å². The number of halogens is 1. The van der Waals surface area contributed by atoms with E-state index in [2.05, 4.69) is 76.0 Å². The highest BCUT2D eigenvalue weighted by Gasteiger charge is 2.10. The van der Waals surface area contributed by atoms with Gasteiger partial charge in [-0.2, -0.15) is 0 Å². The first-order chi connectivity index (χ1) is 13.6. The van der Waals surface area contributed by atoms with E-state index in [-0.39, 0.29) is 0 Å². The number of methoxy groups -OCH3 is 1. The van der Waals surface area contributed by atoms with E-state index in [1.54, 1.807) is 7.11 Å². The average Bonchev–Trinajstić information content (AvgIpc) is 3.11. The molecule has 0 amide bonds. The fraction of sp³-hybridized carbons (Fsp3) is 0.0833. The molecule has 4 heteroatoms. The standard InChI is InChI=1S/C24H20BrNO2/c1-17-3-16-24(18-4-6-19(25)7-5-18)26(17)20-8-10-22(11-9-20)28-23-14-12-21(27-2)13-15-23/h3-16H,1-2H3. The minimum Gasteiger partial charge on any atom is -0.497 e. The molecule has 0 saturated carbocycles. The van der Waals surface area contributed by atoms with E-state index in [0.29, 0.717) is 0 Å². The number of hydrogen-bond donors (Lipinski definition) is 0. The molecule has 3 aromatic carbocycles. The highest BCUT2D eigenvalue weighted by molar-refractivity contribution is 9.10. The molecule has 140 valence electrons. The normalized spacial score (nSPS) is 10.7. The Morgan fingerprint density at radius 3 is 1.86 bits per heavy atom. The molecule has 0 spiro atoms. The Morgan fingerprint density at radius 1 is 0.679 bits per heavy atom. The predicted octanol–water partition coefficient (Wildman–Crippen LogP) is 7.02. The van der Waals surface area contributed by atoms with Gasteiger partial charge in [0, 0.05) is 15.9 Å². The van der Waals surface area contributed by atoms with Crippen LogP contribution < -0.4 is 9.47 Å². The van der Waals surface area contributed by atoms with E-state index in [0.717, 1.165) is 33.1 Å². The fourth-order valence-corrected chi connectivity index (χ4v) is 3.43. The summed E-state index contributed by atoms with van der Waals surface area (Å²) in [7, 11) is 1.65. The lowest BCUT2D eigenvalue weighted by atomic mass is 10.1. The molecular weight excluding hydrogens is 414 g/mol. The molecule has 0 aliphatic carbocycles. The summed E-state index contributed by atoms with van der Waals surface area (Å²) in [6.07, 6.45) is 0. The summed E-state index contributed by atoms with van der Waals surface area (Å²) in [5.74, 6) is 2.39. The number of aryl methyl sites for hydroxylation is 1. The topological polar surface area (TPSA) is 23.4 Å². The molecule has 1 heterocycles. The highest BCUT2D eigenvalue weighted by Crippen LogP contribution is 2.29. The van der Waals surface area contributed by atoms with Crippen LogP contribution in [0.3, 0.4) is 0 Å². The van der Waals surface area contributed by atoms with E-state index in [1.165, 1.54) is 11.3 Å². The van der Waals surface area contributed by atoms with Crippen LogP contribution in [-0.4, -0.2) is 11.7 Å². The predicted molar refractivity (Wildman–Crippen MR) is 117 cm³/mol. The third-order valence-electron chi connectivity index (χ3n) is 4.61. The number of nitrogens with zero attached hydrogens (tertiary/aromatic N) is 1. The van der Waals surface area contributed by atoms with Gasteiger partial charge in [-0.15, -0.1) is 0 Å². The number of aromatic nitrogens is 1. The van der Waals surface area contributed by atoms with E-state index in [9.17, 15) is 0 Å². The third kappa shape index (κ3) is 3.82. The fourth-order valence-electron chi connectivity index (χ4n) is 3.17. The molecular formula is C24H20BrNO2. The average molecular weight is 434 g/mol. The Morgan fingerprint density at radius 2 is 1.25 bits per heavy atom.